The van der Waals surface area contributed by atoms with E-state index in [0.717, 1.165) is 0 Å². The number of hydrogen-bond acceptors (Lipinski definition) is 7. The molecule has 0 bridgehead atoms. The molecular weight excluding hydrogens is 588 g/mol. The third-order valence-corrected chi connectivity index (χ3v) is 8.39. The van der Waals surface area contributed by atoms with Crippen molar-refractivity contribution >= 4 is 46.3 Å². The summed E-state index contributed by atoms with van der Waals surface area (Å²) in [6, 6.07) is 23.5. The maximum atomic E-state index is 13.9. The largest absolute Gasteiger partial charge is 0.457 e. The number of benzene rings is 3. The maximum Gasteiger partial charge on any atom is 0.273 e. The van der Waals surface area contributed by atoms with E-state index in [2.05, 4.69) is 10.3 Å². The topological polar surface area (TPSA) is 120 Å². The molecule has 5 aromatic rings. The molecule has 0 saturated heterocycles. The number of carbonyl (C=O) groups excluding carboxylic acids is 1. The summed E-state index contributed by atoms with van der Waals surface area (Å²) >= 11 is 7.35. The predicted octanol–water partition coefficient (Wildman–Crippen LogP) is 6.00. The molecular formula is C32H23ClN4O5S. The maximum absolute atomic E-state index is 13.9. The SMILES string of the molecule is CC1=C(C(=O)Nc2ccccc2)[C@@H](c2ccc(Cl)cc2)n2c(s/c(=C\c3ccc(-c4cccc([N+](=O)[O-])c4C)o3)c2=O)=N1. The Hall–Kier alpha value is -5.06. The second-order valence-electron chi connectivity index (χ2n) is 9.86. The minimum atomic E-state index is -0.751. The summed E-state index contributed by atoms with van der Waals surface area (Å²) in [6.45, 7) is 3.42. The lowest BCUT2D eigenvalue weighted by Gasteiger charge is -2.25. The van der Waals surface area contributed by atoms with Crippen LogP contribution in [0.3, 0.4) is 0 Å². The number of halogens is 1. The Morgan fingerprint density at radius 1 is 1.05 bits per heavy atom. The van der Waals surface area contributed by atoms with Crippen LogP contribution in [0.25, 0.3) is 17.4 Å². The molecule has 2 aromatic heterocycles. The quantitative estimate of drug-likeness (QED) is 0.187. The number of furan rings is 1. The van der Waals surface area contributed by atoms with Crippen LogP contribution in [-0.4, -0.2) is 15.4 Å². The molecule has 3 aromatic carbocycles. The summed E-state index contributed by atoms with van der Waals surface area (Å²) < 4.78 is 7.88. The Morgan fingerprint density at radius 3 is 2.51 bits per heavy atom. The number of nitro groups is 1. The summed E-state index contributed by atoms with van der Waals surface area (Å²) in [5.41, 5.74) is 2.86. The van der Waals surface area contributed by atoms with Crippen LogP contribution in [0, 0.1) is 17.0 Å². The van der Waals surface area contributed by atoms with E-state index in [9.17, 15) is 19.7 Å². The first kappa shape index (κ1) is 28.1. The van der Waals surface area contributed by atoms with Crippen molar-refractivity contribution in [2.45, 2.75) is 19.9 Å². The van der Waals surface area contributed by atoms with Gasteiger partial charge in [0.05, 0.1) is 26.8 Å². The van der Waals surface area contributed by atoms with Gasteiger partial charge in [-0.05, 0) is 55.8 Å². The number of nitro benzene ring substituents is 1. The number of nitrogens with zero attached hydrogens (tertiary/aromatic N) is 3. The summed E-state index contributed by atoms with van der Waals surface area (Å²) in [4.78, 5) is 43.6. The molecule has 11 heteroatoms. The van der Waals surface area contributed by atoms with E-state index < -0.39 is 11.0 Å². The van der Waals surface area contributed by atoms with Gasteiger partial charge in [-0.3, -0.25) is 24.3 Å². The molecule has 1 aliphatic rings. The molecule has 3 heterocycles. The van der Waals surface area contributed by atoms with E-state index in [1.165, 1.54) is 22.0 Å². The first-order valence-electron chi connectivity index (χ1n) is 13.2. The molecule has 1 N–H and O–H groups in total. The lowest BCUT2D eigenvalue weighted by molar-refractivity contribution is -0.385. The standard InChI is InChI=1S/C32H23ClN4O5S/c1-18-24(9-6-10-25(18)37(40)41)26-16-15-23(42-26)17-27-31(39)36-29(20-11-13-21(33)14-12-20)28(19(2)34-32(36)43-27)30(38)35-22-7-4-3-5-8-22/h3-17,29H,1-2H3,(H,35,38)/b27-17-/t29-/m1/s1. The van der Waals surface area contributed by atoms with Gasteiger partial charge in [-0.15, -0.1) is 0 Å². The van der Waals surface area contributed by atoms with Crippen LogP contribution in [0.15, 0.2) is 110 Å². The van der Waals surface area contributed by atoms with Crippen molar-refractivity contribution in [1.29, 1.82) is 0 Å². The Kier molecular flexibility index (Phi) is 7.39. The van der Waals surface area contributed by atoms with Gasteiger partial charge in [-0.2, -0.15) is 0 Å². The molecule has 214 valence electrons. The average molecular weight is 611 g/mol. The highest BCUT2D eigenvalue weighted by Crippen LogP contribution is 2.33. The number of nitrogens with one attached hydrogen (secondary N) is 1. The predicted molar refractivity (Wildman–Crippen MR) is 166 cm³/mol. The van der Waals surface area contributed by atoms with E-state index in [-0.39, 0.29) is 17.2 Å². The molecule has 0 radical (unpaired) electrons. The average Bonchev–Trinajstić information content (AvgIpc) is 3.57. The molecule has 9 nitrogen and oxygen atoms in total. The third kappa shape index (κ3) is 5.33. The van der Waals surface area contributed by atoms with Crippen LogP contribution in [0.5, 0.6) is 0 Å². The van der Waals surface area contributed by atoms with Gasteiger partial charge >= 0.3 is 0 Å². The normalized spacial score (nSPS) is 14.8. The third-order valence-electron chi connectivity index (χ3n) is 7.15. The molecule has 0 aliphatic carbocycles. The van der Waals surface area contributed by atoms with Crippen LogP contribution in [0.2, 0.25) is 5.02 Å². The fourth-order valence-electron chi connectivity index (χ4n) is 5.08. The van der Waals surface area contributed by atoms with Crippen LogP contribution < -0.4 is 20.2 Å². The second-order valence-corrected chi connectivity index (χ2v) is 11.3. The highest BCUT2D eigenvalue weighted by atomic mass is 35.5. The van der Waals surface area contributed by atoms with E-state index in [0.29, 0.717) is 59.5 Å². The minimum absolute atomic E-state index is 0.00608. The fourth-order valence-corrected chi connectivity index (χ4v) is 6.24. The number of aromatic nitrogens is 1. The highest BCUT2D eigenvalue weighted by molar-refractivity contribution is 7.07. The number of para-hydroxylation sites is 1. The van der Waals surface area contributed by atoms with Gasteiger partial charge in [-0.1, -0.05) is 65.4 Å². The van der Waals surface area contributed by atoms with Gasteiger partial charge < -0.3 is 9.73 Å². The Morgan fingerprint density at radius 2 is 1.79 bits per heavy atom. The Labute approximate surface area is 253 Å². The van der Waals surface area contributed by atoms with Crippen molar-refractivity contribution in [3.63, 3.8) is 0 Å². The van der Waals surface area contributed by atoms with Gasteiger partial charge in [0.15, 0.2) is 4.80 Å². The van der Waals surface area contributed by atoms with Crippen molar-refractivity contribution in [2.75, 3.05) is 5.32 Å². The lowest BCUT2D eigenvalue weighted by atomic mass is 9.95. The minimum Gasteiger partial charge on any atom is -0.457 e. The van der Waals surface area contributed by atoms with Crippen LogP contribution in [-0.2, 0) is 4.79 Å². The molecule has 1 atom stereocenters. The summed E-state index contributed by atoms with van der Waals surface area (Å²) in [6.07, 6.45) is 1.61. The number of amides is 1. The second kappa shape index (κ2) is 11.3. The van der Waals surface area contributed by atoms with Crippen molar-refractivity contribution in [3.8, 4) is 11.3 Å². The van der Waals surface area contributed by atoms with Gasteiger partial charge in [0, 0.05) is 34.0 Å². The van der Waals surface area contributed by atoms with E-state index in [1.54, 1.807) is 80.6 Å². The number of thiazole rings is 1. The monoisotopic (exact) mass is 610 g/mol. The zero-order valence-corrected chi connectivity index (χ0v) is 24.5. The van der Waals surface area contributed by atoms with Gasteiger partial charge in [0.2, 0.25) is 0 Å². The first-order chi connectivity index (χ1) is 20.7. The fraction of sp³-hybridized carbons (Fsp3) is 0.0938. The van der Waals surface area contributed by atoms with Gasteiger partial charge in [-0.25, -0.2) is 4.99 Å². The molecule has 43 heavy (non-hydrogen) atoms. The molecule has 6 rings (SSSR count). The summed E-state index contributed by atoms with van der Waals surface area (Å²) in [5, 5.41) is 14.9. The molecule has 1 aliphatic heterocycles. The molecule has 0 unspecified atom stereocenters. The van der Waals surface area contributed by atoms with E-state index in [4.69, 9.17) is 16.0 Å². The van der Waals surface area contributed by atoms with Crippen molar-refractivity contribution in [3.05, 3.63) is 148 Å². The van der Waals surface area contributed by atoms with Crippen molar-refractivity contribution < 1.29 is 14.1 Å². The van der Waals surface area contributed by atoms with E-state index in [1.807, 2.05) is 18.2 Å². The highest BCUT2D eigenvalue weighted by Gasteiger charge is 2.32. The number of hydrogen-bond donors (Lipinski definition) is 1. The molecule has 0 saturated carbocycles. The van der Waals surface area contributed by atoms with Crippen molar-refractivity contribution in [1.82, 2.24) is 4.57 Å². The van der Waals surface area contributed by atoms with Crippen LogP contribution >= 0.6 is 22.9 Å². The number of allylic oxidation sites excluding steroid dienone is 1. The van der Waals surface area contributed by atoms with Gasteiger partial charge in [0.25, 0.3) is 17.2 Å². The first-order valence-corrected chi connectivity index (χ1v) is 14.4. The lowest BCUT2D eigenvalue weighted by Crippen LogP contribution is -2.40. The summed E-state index contributed by atoms with van der Waals surface area (Å²) in [7, 11) is 0. The Bertz CT molecular complexity index is 2110. The zero-order valence-electron chi connectivity index (χ0n) is 22.9. The number of rotatable bonds is 6. The van der Waals surface area contributed by atoms with Crippen molar-refractivity contribution in [2.24, 2.45) is 4.99 Å². The van der Waals surface area contributed by atoms with Crippen LogP contribution in [0.1, 0.15) is 29.9 Å². The smallest absolute Gasteiger partial charge is 0.273 e. The number of fused-ring (bicyclic) bond motifs is 1. The van der Waals surface area contributed by atoms with E-state index >= 15 is 0 Å². The molecule has 0 fully saturated rings. The van der Waals surface area contributed by atoms with Gasteiger partial charge in [0.1, 0.15) is 11.5 Å². The summed E-state index contributed by atoms with van der Waals surface area (Å²) in [5.74, 6) is 0.464. The molecule has 1 amide bonds. The number of anilines is 1. The number of carbonyl (C=O) groups is 1. The van der Waals surface area contributed by atoms with Crippen LogP contribution in [0.4, 0.5) is 11.4 Å². The Balaban J connectivity index is 1.44. The zero-order chi connectivity index (χ0) is 30.2. The molecule has 0 spiro atoms.